The van der Waals surface area contributed by atoms with Crippen molar-refractivity contribution >= 4 is 11.5 Å². The van der Waals surface area contributed by atoms with E-state index in [0.717, 1.165) is 28.7 Å². The summed E-state index contributed by atoms with van der Waals surface area (Å²) in [6, 6.07) is 1.85. The molecule has 0 atom stereocenters. The number of hydrogen-bond acceptors (Lipinski definition) is 4. The predicted molar refractivity (Wildman–Crippen MR) is 62.7 cm³/mol. The van der Waals surface area contributed by atoms with Crippen molar-refractivity contribution in [1.29, 1.82) is 0 Å². The summed E-state index contributed by atoms with van der Waals surface area (Å²) in [7, 11) is 1.93. The Morgan fingerprint density at radius 2 is 2.00 bits per heavy atom. The smallest absolute Gasteiger partial charge is 0.134 e. The van der Waals surface area contributed by atoms with Crippen molar-refractivity contribution in [2.45, 2.75) is 20.8 Å². The number of aryl methyl sites for hydroxylation is 3. The molecule has 0 saturated heterocycles. The van der Waals surface area contributed by atoms with Crippen LogP contribution in [0, 0.1) is 20.8 Å². The standard InChI is InChI=1S/C11H15N5/c1-7-11(8(2)16(4)15-7)14-10-5-6-12-9(3)13-10/h5-6H,1-4H3,(H,12,13,14). The van der Waals surface area contributed by atoms with Gasteiger partial charge in [0.1, 0.15) is 11.6 Å². The van der Waals surface area contributed by atoms with Crippen molar-refractivity contribution in [3.8, 4) is 0 Å². The molecule has 0 spiro atoms. The molecule has 84 valence electrons. The van der Waals surface area contributed by atoms with E-state index in [1.165, 1.54) is 0 Å². The van der Waals surface area contributed by atoms with E-state index in [4.69, 9.17) is 0 Å². The van der Waals surface area contributed by atoms with E-state index in [9.17, 15) is 0 Å². The summed E-state index contributed by atoms with van der Waals surface area (Å²) >= 11 is 0. The van der Waals surface area contributed by atoms with Crippen LogP contribution in [0.25, 0.3) is 0 Å². The second-order valence-corrected chi connectivity index (χ2v) is 3.78. The molecular weight excluding hydrogens is 202 g/mol. The Kier molecular flexibility index (Phi) is 2.60. The number of nitrogens with zero attached hydrogens (tertiary/aromatic N) is 4. The topological polar surface area (TPSA) is 55.6 Å². The number of hydrogen-bond donors (Lipinski definition) is 1. The average Bonchev–Trinajstić information content (AvgIpc) is 2.45. The third kappa shape index (κ3) is 1.88. The average molecular weight is 217 g/mol. The number of aromatic nitrogens is 4. The Morgan fingerprint density at radius 3 is 2.56 bits per heavy atom. The molecule has 2 heterocycles. The highest BCUT2D eigenvalue weighted by molar-refractivity contribution is 5.61. The van der Waals surface area contributed by atoms with Crippen LogP contribution in [0.15, 0.2) is 12.3 Å². The lowest BCUT2D eigenvalue weighted by Gasteiger charge is -2.05. The summed E-state index contributed by atoms with van der Waals surface area (Å²) in [6.45, 7) is 5.87. The van der Waals surface area contributed by atoms with Crippen molar-refractivity contribution in [2.75, 3.05) is 5.32 Å². The van der Waals surface area contributed by atoms with Crippen LogP contribution < -0.4 is 5.32 Å². The normalized spacial score (nSPS) is 10.5. The molecule has 0 aliphatic rings. The quantitative estimate of drug-likeness (QED) is 0.834. The maximum absolute atomic E-state index is 4.34. The van der Waals surface area contributed by atoms with Crippen molar-refractivity contribution < 1.29 is 0 Å². The van der Waals surface area contributed by atoms with Gasteiger partial charge in [0.05, 0.1) is 17.1 Å². The minimum absolute atomic E-state index is 0.754. The fraction of sp³-hybridized carbons (Fsp3) is 0.364. The van der Waals surface area contributed by atoms with Gasteiger partial charge in [-0.2, -0.15) is 5.10 Å². The van der Waals surface area contributed by atoms with Gasteiger partial charge in [0, 0.05) is 13.2 Å². The zero-order valence-electron chi connectivity index (χ0n) is 9.94. The van der Waals surface area contributed by atoms with Crippen LogP contribution in [0.2, 0.25) is 0 Å². The Labute approximate surface area is 94.5 Å². The zero-order valence-corrected chi connectivity index (χ0v) is 9.94. The molecule has 2 rings (SSSR count). The number of anilines is 2. The molecule has 5 heteroatoms. The fourth-order valence-electron chi connectivity index (χ4n) is 1.61. The summed E-state index contributed by atoms with van der Waals surface area (Å²) < 4.78 is 1.85. The summed E-state index contributed by atoms with van der Waals surface area (Å²) in [6.07, 6.45) is 1.74. The molecule has 0 aromatic carbocycles. The number of nitrogens with one attached hydrogen (secondary N) is 1. The Bertz CT molecular complexity index is 515. The minimum atomic E-state index is 0.754. The molecule has 2 aromatic heterocycles. The zero-order chi connectivity index (χ0) is 11.7. The molecule has 0 radical (unpaired) electrons. The molecule has 0 unspecified atom stereocenters. The summed E-state index contributed by atoms with van der Waals surface area (Å²) in [5, 5.41) is 7.61. The van der Waals surface area contributed by atoms with Crippen LogP contribution in [-0.4, -0.2) is 19.7 Å². The van der Waals surface area contributed by atoms with Crippen LogP contribution in [0.5, 0.6) is 0 Å². The van der Waals surface area contributed by atoms with Gasteiger partial charge >= 0.3 is 0 Å². The summed E-state index contributed by atoms with van der Waals surface area (Å²) in [5.74, 6) is 1.55. The molecule has 0 fully saturated rings. The molecule has 0 aliphatic carbocycles. The van der Waals surface area contributed by atoms with Gasteiger partial charge in [-0.1, -0.05) is 0 Å². The minimum Gasteiger partial charge on any atom is -0.337 e. The third-order valence-corrected chi connectivity index (χ3v) is 2.54. The summed E-state index contributed by atoms with van der Waals surface area (Å²) in [4.78, 5) is 8.36. The van der Waals surface area contributed by atoms with Crippen molar-refractivity contribution in [3.05, 3.63) is 29.5 Å². The first-order valence-corrected chi connectivity index (χ1v) is 5.15. The maximum Gasteiger partial charge on any atom is 0.134 e. The Hall–Kier alpha value is -1.91. The number of rotatable bonds is 2. The van der Waals surface area contributed by atoms with Crippen molar-refractivity contribution in [3.63, 3.8) is 0 Å². The molecule has 1 N–H and O–H groups in total. The summed E-state index contributed by atoms with van der Waals surface area (Å²) in [5.41, 5.74) is 3.07. The lowest BCUT2D eigenvalue weighted by atomic mass is 10.3. The Morgan fingerprint density at radius 1 is 1.25 bits per heavy atom. The Balaban J connectivity index is 2.34. The molecule has 0 saturated carbocycles. The molecule has 2 aromatic rings. The van der Waals surface area contributed by atoms with Gasteiger partial charge in [-0.25, -0.2) is 9.97 Å². The van der Waals surface area contributed by atoms with Gasteiger partial charge < -0.3 is 5.32 Å². The second kappa shape index (κ2) is 3.92. The highest BCUT2D eigenvalue weighted by Crippen LogP contribution is 2.21. The highest BCUT2D eigenvalue weighted by Gasteiger charge is 2.09. The van der Waals surface area contributed by atoms with Crippen LogP contribution in [-0.2, 0) is 7.05 Å². The van der Waals surface area contributed by atoms with E-state index in [1.807, 2.05) is 38.6 Å². The maximum atomic E-state index is 4.34. The monoisotopic (exact) mass is 217 g/mol. The first-order valence-electron chi connectivity index (χ1n) is 5.15. The molecule has 16 heavy (non-hydrogen) atoms. The lowest BCUT2D eigenvalue weighted by Crippen LogP contribution is -1.98. The van der Waals surface area contributed by atoms with Crippen LogP contribution in [0.3, 0.4) is 0 Å². The van der Waals surface area contributed by atoms with Gasteiger partial charge in [-0.05, 0) is 26.8 Å². The van der Waals surface area contributed by atoms with Crippen LogP contribution in [0.4, 0.5) is 11.5 Å². The third-order valence-electron chi connectivity index (χ3n) is 2.54. The van der Waals surface area contributed by atoms with E-state index in [2.05, 4.69) is 20.4 Å². The lowest BCUT2D eigenvalue weighted by molar-refractivity contribution is 0.731. The van der Waals surface area contributed by atoms with Crippen molar-refractivity contribution in [1.82, 2.24) is 19.7 Å². The van der Waals surface area contributed by atoms with Gasteiger partial charge in [-0.3, -0.25) is 4.68 Å². The first-order chi connectivity index (χ1) is 7.58. The highest BCUT2D eigenvalue weighted by atomic mass is 15.3. The molecule has 0 bridgehead atoms. The molecule has 0 amide bonds. The van der Waals surface area contributed by atoms with Gasteiger partial charge in [0.2, 0.25) is 0 Å². The van der Waals surface area contributed by atoms with Gasteiger partial charge in [-0.15, -0.1) is 0 Å². The first kappa shape index (κ1) is 10.6. The molecular formula is C11H15N5. The van der Waals surface area contributed by atoms with E-state index >= 15 is 0 Å². The van der Waals surface area contributed by atoms with Gasteiger partial charge in [0.15, 0.2) is 0 Å². The van der Waals surface area contributed by atoms with E-state index in [1.54, 1.807) is 6.20 Å². The van der Waals surface area contributed by atoms with Gasteiger partial charge in [0.25, 0.3) is 0 Å². The fourth-order valence-corrected chi connectivity index (χ4v) is 1.61. The molecule has 0 aliphatic heterocycles. The largest absolute Gasteiger partial charge is 0.337 e. The van der Waals surface area contributed by atoms with E-state index in [-0.39, 0.29) is 0 Å². The van der Waals surface area contributed by atoms with Crippen molar-refractivity contribution in [2.24, 2.45) is 7.05 Å². The van der Waals surface area contributed by atoms with Crippen LogP contribution in [0.1, 0.15) is 17.2 Å². The SMILES string of the molecule is Cc1nccc(Nc2c(C)nn(C)c2C)n1. The predicted octanol–water partition coefficient (Wildman–Crippen LogP) is 1.88. The second-order valence-electron chi connectivity index (χ2n) is 3.78. The van der Waals surface area contributed by atoms with E-state index < -0.39 is 0 Å². The van der Waals surface area contributed by atoms with Crippen LogP contribution >= 0.6 is 0 Å². The van der Waals surface area contributed by atoms with E-state index in [0.29, 0.717) is 0 Å². The molecule has 5 nitrogen and oxygen atoms in total.